The average Bonchev–Trinajstić information content (AvgIpc) is 4.04. The first-order valence-corrected chi connectivity index (χ1v) is 18.9. The van der Waals surface area contributed by atoms with Gasteiger partial charge in [0, 0.05) is 40.4 Å². The lowest BCUT2D eigenvalue weighted by atomic mass is 9.39. The fraction of sp³-hybridized carbons (Fsp3) is 0.700. The van der Waals surface area contributed by atoms with Crippen molar-refractivity contribution < 1.29 is 62.7 Å². The van der Waals surface area contributed by atoms with Crippen molar-refractivity contribution in [1.29, 1.82) is 0 Å². The average molecular weight is 735 g/mol. The number of cyclic esters (lactones) is 3. The minimum absolute atomic E-state index is 0.00985. The van der Waals surface area contributed by atoms with Gasteiger partial charge in [-0.05, 0) is 91.6 Å². The molecule has 0 aromatic carbocycles. The quantitative estimate of drug-likeness (QED) is 0.227. The molecule has 13 heteroatoms. The third kappa shape index (κ3) is 4.32. The van der Waals surface area contributed by atoms with Crippen molar-refractivity contribution in [2.75, 3.05) is 26.9 Å². The van der Waals surface area contributed by atoms with Crippen LogP contribution in [0, 0.1) is 64.1 Å². The van der Waals surface area contributed by atoms with E-state index < -0.39 is 88.1 Å². The number of aliphatic hydroxyl groups excluding tert-OH is 1. The molecule has 0 radical (unpaired) electrons. The van der Waals surface area contributed by atoms with Crippen LogP contribution in [0.25, 0.3) is 0 Å². The van der Waals surface area contributed by atoms with Gasteiger partial charge in [0.1, 0.15) is 37.1 Å². The number of carbonyl (C=O) groups excluding carboxylic acids is 6. The van der Waals surface area contributed by atoms with Crippen LogP contribution in [-0.4, -0.2) is 90.1 Å². The first kappa shape index (κ1) is 34.9. The third-order valence-corrected chi connectivity index (χ3v) is 15.8. The van der Waals surface area contributed by atoms with Crippen LogP contribution in [0.15, 0.2) is 33.9 Å². The van der Waals surface area contributed by atoms with Crippen LogP contribution in [0.2, 0.25) is 0 Å². The Labute approximate surface area is 306 Å². The van der Waals surface area contributed by atoms with Gasteiger partial charge in [-0.15, -0.1) is 0 Å². The summed E-state index contributed by atoms with van der Waals surface area (Å²) in [6.07, 6.45) is 1.52. The third-order valence-electron chi connectivity index (χ3n) is 15.8. The molecule has 2 unspecified atom stereocenters. The second kappa shape index (κ2) is 11.1. The van der Waals surface area contributed by atoms with Gasteiger partial charge in [-0.2, -0.15) is 0 Å². The summed E-state index contributed by atoms with van der Waals surface area (Å²) in [4.78, 5) is 80.8. The lowest BCUT2D eigenvalue weighted by Crippen LogP contribution is -2.70. The molecule has 2 bridgehead atoms. The summed E-state index contributed by atoms with van der Waals surface area (Å²) in [6, 6.07) is 0. The zero-order valence-electron chi connectivity index (χ0n) is 30.6. The molecule has 7 aliphatic carbocycles. The molecule has 2 aliphatic heterocycles. The summed E-state index contributed by atoms with van der Waals surface area (Å²) >= 11 is 0. The number of methoxy groups -OCH3 is 1. The largest absolute Gasteiger partial charge is 0.466 e. The Bertz CT molecular complexity index is 1890. The SMILES string of the molecule is COC(=O)/C(C)=C1\C(=O)[C@H](O)[C@]2(C)C3C(C[C@@H]4[C@]5(OC(=O)C6=C5C[C@H]5[C@](O)(COC(=O)/C=C(\C)COC(=O)CCC(=O)OC6)[C@H]6C[C@H]6[C@]45C)[C@@H]13)[C@H]1C[C@H]12. The van der Waals surface area contributed by atoms with E-state index in [0.717, 1.165) is 6.42 Å². The molecule has 2 N–H and O–H groups in total. The number of ketones is 1. The lowest BCUT2D eigenvalue weighted by Gasteiger charge is -2.66. The molecule has 9 aliphatic rings. The zero-order chi connectivity index (χ0) is 37.7. The molecule has 9 rings (SSSR count). The minimum atomic E-state index is -1.47. The van der Waals surface area contributed by atoms with Crippen molar-refractivity contribution in [3.8, 4) is 0 Å². The van der Waals surface area contributed by atoms with E-state index in [-0.39, 0.29) is 84.7 Å². The highest BCUT2D eigenvalue weighted by Crippen LogP contribution is 2.84. The Morgan fingerprint density at radius 3 is 2.28 bits per heavy atom. The van der Waals surface area contributed by atoms with E-state index in [9.17, 15) is 39.0 Å². The van der Waals surface area contributed by atoms with Crippen LogP contribution in [0.3, 0.4) is 0 Å². The molecule has 0 amide bonds. The highest BCUT2D eigenvalue weighted by molar-refractivity contribution is 6.08. The van der Waals surface area contributed by atoms with Crippen LogP contribution >= 0.6 is 0 Å². The number of ether oxygens (including phenoxy) is 5. The van der Waals surface area contributed by atoms with E-state index in [4.69, 9.17) is 23.7 Å². The summed E-state index contributed by atoms with van der Waals surface area (Å²) in [5.41, 5.74) is -3.21. The Balaban J connectivity index is 1.25. The first-order valence-electron chi connectivity index (χ1n) is 18.9. The first-order chi connectivity index (χ1) is 25.0. The summed E-state index contributed by atoms with van der Waals surface area (Å²) in [6.45, 7) is 6.29. The van der Waals surface area contributed by atoms with Crippen LogP contribution in [0.4, 0.5) is 0 Å². The highest BCUT2D eigenvalue weighted by atomic mass is 16.6. The normalized spacial score (nSPS) is 50.0. The van der Waals surface area contributed by atoms with Crippen molar-refractivity contribution in [2.45, 2.75) is 83.5 Å². The number of aliphatic hydroxyl groups is 2. The van der Waals surface area contributed by atoms with E-state index in [1.165, 1.54) is 20.1 Å². The molecule has 0 aromatic rings. The van der Waals surface area contributed by atoms with Gasteiger partial charge in [0.25, 0.3) is 0 Å². The molecule has 0 aromatic heterocycles. The minimum Gasteiger partial charge on any atom is -0.466 e. The number of Topliss-reactive ketones (excluding diaryl/α,β-unsaturated/α-hetero) is 1. The van der Waals surface area contributed by atoms with E-state index in [1.54, 1.807) is 6.92 Å². The Morgan fingerprint density at radius 2 is 1.58 bits per heavy atom. The molecular formula is C40H46O13. The van der Waals surface area contributed by atoms with Crippen LogP contribution in [-0.2, 0) is 52.5 Å². The number of fused-ring (bicyclic) bond motifs is 7. The van der Waals surface area contributed by atoms with Crippen LogP contribution < -0.4 is 0 Å². The molecule has 0 saturated heterocycles. The molecule has 53 heavy (non-hydrogen) atoms. The smallest absolute Gasteiger partial charge is 0.338 e. The molecule has 7 fully saturated rings. The van der Waals surface area contributed by atoms with Gasteiger partial charge in [-0.1, -0.05) is 13.8 Å². The second-order valence-electron chi connectivity index (χ2n) is 17.7. The van der Waals surface area contributed by atoms with Crippen LogP contribution in [0.1, 0.15) is 66.2 Å². The predicted molar refractivity (Wildman–Crippen MR) is 178 cm³/mol. The maximum Gasteiger partial charge on any atom is 0.338 e. The lowest BCUT2D eigenvalue weighted by molar-refractivity contribution is -0.224. The van der Waals surface area contributed by atoms with Crippen molar-refractivity contribution in [3.63, 3.8) is 0 Å². The zero-order valence-corrected chi connectivity index (χ0v) is 30.6. The van der Waals surface area contributed by atoms with Gasteiger partial charge in [-0.25, -0.2) is 14.4 Å². The molecule has 284 valence electrons. The predicted octanol–water partition coefficient (Wildman–Crippen LogP) is 2.31. The molecular weight excluding hydrogens is 688 g/mol. The van der Waals surface area contributed by atoms with Gasteiger partial charge in [0.05, 0.1) is 25.5 Å². The number of esters is 5. The monoisotopic (exact) mass is 734 g/mol. The maximum atomic E-state index is 14.6. The molecule has 7 saturated carbocycles. The maximum absolute atomic E-state index is 14.6. The number of carbonyl (C=O) groups is 6. The Hall–Kier alpha value is -3.84. The van der Waals surface area contributed by atoms with Gasteiger partial charge in [-0.3, -0.25) is 14.4 Å². The van der Waals surface area contributed by atoms with E-state index in [1.807, 2.05) is 6.92 Å². The second-order valence-corrected chi connectivity index (χ2v) is 17.7. The molecule has 14 atom stereocenters. The van der Waals surface area contributed by atoms with E-state index >= 15 is 0 Å². The molecule has 13 nitrogen and oxygen atoms in total. The summed E-state index contributed by atoms with van der Waals surface area (Å²) in [5, 5.41) is 24.6. The number of rotatable bonds is 1. The van der Waals surface area contributed by atoms with Gasteiger partial charge < -0.3 is 33.9 Å². The Morgan fingerprint density at radius 1 is 0.887 bits per heavy atom. The van der Waals surface area contributed by atoms with Crippen molar-refractivity contribution in [2.24, 2.45) is 64.1 Å². The molecule has 2 heterocycles. The molecule has 1 spiro atoms. The fourth-order valence-electron chi connectivity index (χ4n) is 13.6. The standard InChI is InChI=1S/C40H46O13/c1-16-8-29(43)52-15-39(48)24-11-23(24)37(3)25(39)12-22-20(14-51-28(42)7-6-27(41)50-13-16)36(47)53-40(22)26(37)10-19-18-9-21(18)38(4)31(19)32(40)30(33(44)34(38)45)17(2)35(46)49-5/h8,18-19,21,23-26,31-32,34,45,48H,6-7,9-15H2,1-5H3/b16-8+,30-17-/t18-,19?,21-,23-,24+,25-,26+,31?,32+,34+,37+,38+,39+,40+/m1/s1. The van der Waals surface area contributed by atoms with Gasteiger partial charge in [0.2, 0.25) is 0 Å². The van der Waals surface area contributed by atoms with Crippen molar-refractivity contribution in [3.05, 3.63) is 33.9 Å². The summed E-state index contributed by atoms with van der Waals surface area (Å²) < 4.78 is 28.5. The van der Waals surface area contributed by atoms with Crippen LogP contribution in [0.5, 0.6) is 0 Å². The van der Waals surface area contributed by atoms with Crippen molar-refractivity contribution >= 4 is 35.6 Å². The van der Waals surface area contributed by atoms with E-state index in [2.05, 4.69) is 6.92 Å². The van der Waals surface area contributed by atoms with E-state index in [0.29, 0.717) is 24.0 Å². The summed E-state index contributed by atoms with van der Waals surface area (Å²) in [7, 11) is 1.23. The highest BCUT2D eigenvalue weighted by Gasteiger charge is 2.86. The van der Waals surface area contributed by atoms with Gasteiger partial charge in [0.15, 0.2) is 5.78 Å². The fourth-order valence-corrected chi connectivity index (χ4v) is 13.6. The van der Waals surface area contributed by atoms with Crippen molar-refractivity contribution in [1.82, 2.24) is 0 Å². The topological polar surface area (TPSA) is 189 Å². The number of hydrogen-bond donors (Lipinski definition) is 2. The summed E-state index contributed by atoms with van der Waals surface area (Å²) in [5.74, 6) is -6.05. The Kier molecular flexibility index (Phi) is 7.32. The van der Waals surface area contributed by atoms with Gasteiger partial charge >= 0.3 is 29.8 Å². The number of hydrogen-bond acceptors (Lipinski definition) is 13.